The zero-order chi connectivity index (χ0) is 22.6. The largest absolute Gasteiger partial charge is 0.506 e. The van der Waals surface area contributed by atoms with Crippen molar-refractivity contribution in [1.29, 1.82) is 0 Å². The van der Waals surface area contributed by atoms with E-state index in [0.717, 1.165) is 10.9 Å². The third-order valence-corrected chi connectivity index (χ3v) is 5.50. The highest BCUT2D eigenvalue weighted by Crippen LogP contribution is 2.39. The first kappa shape index (κ1) is 21.4. The zero-order valence-corrected chi connectivity index (χ0v) is 19.9. The van der Waals surface area contributed by atoms with Crippen LogP contribution in [-0.4, -0.2) is 20.0 Å². The van der Waals surface area contributed by atoms with Crippen molar-refractivity contribution < 1.29 is 9.52 Å². The molecule has 0 atom stereocenters. The molecule has 3 aromatic heterocycles. The summed E-state index contributed by atoms with van der Waals surface area (Å²) in [6.07, 6.45) is 2.76. The van der Waals surface area contributed by atoms with E-state index in [-0.39, 0.29) is 22.3 Å². The molecule has 3 heterocycles. The predicted molar refractivity (Wildman–Crippen MR) is 128 cm³/mol. The number of aromatic nitrogens is 2. The number of pyridine rings is 1. The van der Waals surface area contributed by atoms with Gasteiger partial charge >= 0.3 is 5.63 Å². The molecular weight excluding hydrogens is 458 g/mol. The molecular formula is C24H26BrN3O3. The lowest BCUT2D eigenvalue weighted by molar-refractivity contribution is 0.302. The Morgan fingerprint density at radius 3 is 2.55 bits per heavy atom. The topological polar surface area (TPSA) is 79.8 Å². The van der Waals surface area contributed by atoms with E-state index < -0.39 is 5.63 Å². The van der Waals surface area contributed by atoms with Gasteiger partial charge in [0.05, 0.1) is 5.39 Å². The summed E-state index contributed by atoms with van der Waals surface area (Å²) in [5.41, 5.74) is 0.543. The van der Waals surface area contributed by atoms with Crippen LogP contribution in [-0.2, 0) is 0 Å². The first-order chi connectivity index (χ1) is 14.5. The van der Waals surface area contributed by atoms with Crippen molar-refractivity contribution in [2.45, 2.75) is 46.6 Å². The van der Waals surface area contributed by atoms with Gasteiger partial charge in [-0.15, -0.1) is 0 Å². The average molecular weight is 484 g/mol. The normalized spacial score (nSPS) is 12.6. The van der Waals surface area contributed by atoms with Crippen molar-refractivity contribution in [3.63, 3.8) is 0 Å². The van der Waals surface area contributed by atoms with Gasteiger partial charge in [-0.25, -0.2) is 9.78 Å². The molecule has 0 spiro atoms. The second kappa shape index (κ2) is 7.41. The van der Waals surface area contributed by atoms with Crippen molar-refractivity contribution in [3.05, 3.63) is 57.5 Å². The number of nitrogens with zero attached hydrogens (tertiary/aromatic N) is 2. The summed E-state index contributed by atoms with van der Waals surface area (Å²) >= 11 is 3.52. The van der Waals surface area contributed by atoms with Crippen LogP contribution in [0.3, 0.4) is 0 Å². The quantitative estimate of drug-likeness (QED) is 0.337. The van der Waals surface area contributed by atoms with Crippen LogP contribution < -0.4 is 10.9 Å². The standard InChI is InChI=1S/C24H26BrN3O3/c1-23(2,3)13-24(4,5)27-21-19(26-17-11-10-14(25)12-28(17)21)18-20(29)15-8-6-7-9-16(15)31-22(18)30/h6-12,27,29H,13H2,1-5H3. The van der Waals surface area contributed by atoms with Gasteiger partial charge in [0.1, 0.15) is 34.1 Å². The Bertz CT molecular complexity index is 1350. The number of benzene rings is 1. The number of hydrogen-bond acceptors (Lipinski definition) is 5. The molecule has 162 valence electrons. The van der Waals surface area contributed by atoms with Crippen LogP contribution in [0.5, 0.6) is 5.75 Å². The number of rotatable bonds is 4. The summed E-state index contributed by atoms with van der Waals surface area (Å²) in [6.45, 7) is 10.8. The highest BCUT2D eigenvalue weighted by molar-refractivity contribution is 9.10. The number of anilines is 1. The first-order valence-corrected chi connectivity index (χ1v) is 11.0. The minimum absolute atomic E-state index is 0.0487. The number of aromatic hydroxyl groups is 1. The molecule has 0 aliphatic carbocycles. The highest BCUT2D eigenvalue weighted by atomic mass is 79.9. The van der Waals surface area contributed by atoms with Crippen LogP contribution >= 0.6 is 15.9 Å². The van der Waals surface area contributed by atoms with E-state index in [4.69, 9.17) is 9.40 Å². The van der Waals surface area contributed by atoms with E-state index in [2.05, 4.69) is 55.9 Å². The zero-order valence-electron chi connectivity index (χ0n) is 18.3. The molecule has 0 saturated heterocycles. The van der Waals surface area contributed by atoms with Crippen LogP contribution in [0.1, 0.15) is 41.0 Å². The Morgan fingerprint density at radius 1 is 1.13 bits per heavy atom. The van der Waals surface area contributed by atoms with E-state index in [0.29, 0.717) is 28.1 Å². The van der Waals surface area contributed by atoms with Crippen LogP contribution in [0, 0.1) is 5.41 Å². The van der Waals surface area contributed by atoms with E-state index >= 15 is 0 Å². The third kappa shape index (κ3) is 4.19. The van der Waals surface area contributed by atoms with Gasteiger partial charge in [-0.1, -0.05) is 32.9 Å². The first-order valence-electron chi connectivity index (χ1n) is 10.2. The SMILES string of the molecule is CC(C)(C)CC(C)(C)Nc1c(-c2c(O)c3ccccc3oc2=O)nc2ccc(Br)cn12. The lowest BCUT2D eigenvalue weighted by atomic mass is 9.82. The van der Waals surface area contributed by atoms with E-state index in [1.165, 1.54) is 0 Å². The van der Waals surface area contributed by atoms with Gasteiger partial charge in [0.25, 0.3) is 0 Å². The third-order valence-electron chi connectivity index (χ3n) is 5.03. The molecule has 0 bridgehead atoms. The van der Waals surface area contributed by atoms with E-state index in [9.17, 15) is 9.90 Å². The Hall–Kier alpha value is -2.80. The Labute approximate surface area is 189 Å². The van der Waals surface area contributed by atoms with Crippen molar-refractivity contribution in [1.82, 2.24) is 9.38 Å². The van der Waals surface area contributed by atoms with Crippen LogP contribution in [0.4, 0.5) is 5.82 Å². The summed E-state index contributed by atoms with van der Waals surface area (Å²) in [6, 6.07) is 10.7. The predicted octanol–water partition coefficient (Wildman–Crippen LogP) is 6.20. The molecule has 2 N–H and O–H groups in total. The maximum absolute atomic E-state index is 12.9. The lowest BCUT2D eigenvalue weighted by Gasteiger charge is -2.34. The number of hydrogen-bond donors (Lipinski definition) is 2. The molecule has 0 amide bonds. The Balaban J connectivity index is 1.99. The van der Waals surface area contributed by atoms with E-state index in [1.807, 2.05) is 22.7 Å². The molecule has 0 fully saturated rings. The van der Waals surface area contributed by atoms with Gasteiger partial charge in [0, 0.05) is 16.2 Å². The molecule has 7 heteroatoms. The fourth-order valence-electron chi connectivity index (χ4n) is 4.35. The number of fused-ring (bicyclic) bond motifs is 2. The van der Waals surface area contributed by atoms with Crippen LogP contribution in [0.25, 0.3) is 27.9 Å². The number of halogens is 1. The molecule has 4 aromatic rings. The molecule has 0 saturated carbocycles. The summed E-state index contributed by atoms with van der Waals surface area (Å²) in [7, 11) is 0. The van der Waals surface area contributed by atoms with Crippen LogP contribution in [0.15, 0.2) is 56.3 Å². The van der Waals surface area contributed by atoms with Gasteiger partial charge in [-0.2, -0.15) is 0 Å². The molecule has 0 aliphatic rings. The fourth-order valence-corrected chi connectivity index (χ4v) is 4.68. The maximum atomic E-state index is 12.9. The fraction of sp³-hybridized carbons (Fsp3) is 0.333. The summed E-state index contributed by atoms with van der Waals surface area (Å²) in [5, 5.41) is 15.1. The van der Waals surface area contributed by atoms with Gasteiger partial charge < -0.3 is 14.8 Å². The van der Waals surface area contributed by atoms with Crippen LogP contribution in [0.2, 0.25) is 0 Å². The second-order valence-corrected chi connectivity index (χ2v) is 10.7. The summed E-state index contributed by atoms with van der Waals surface area (Å²) in [5.74, 6) is 0.495. The van der Waals surface area contributed by atoms with Crippen molar-refractivity contribution in [2.75, 3.05) is 5.32 Å². The van der Waals surface area contributed by atoms with Gasteiger partial charge in [0.2, 0.25) is 0 Å². The molecule has 6 nitrogen and oxygen atoms in total. The van der Waals surface area contributed by atoms with Gasteiger partial charge in [-0.05, 0) is 65.9 Å². The van der Waals surface area contributed by atoms with Crippen molar-refractivity contribution in [3.8, 4) is 17.0 Å². The lowest BCUT2D eigenvalue weighted by Crippen LogP contribution is -2.36. The summed E-state index contributed by atoms with van der Waals surface area (Å²) < 4.78 is 8.27. The Kier molecular flexibility index (Phi) is 5.12. The molecule has 0 unspecified atom stereocenters. The van der Waals surface area contributed by atoms with Crippen molar-refractivity contribution in [2.24, 2.45) is 5.41 Å². The average Bonchev–Trinajstić information content (AvgIpc) is 2.96. The van der Waals surface area contributed by atoms with E-state index in [1.54, 1.807) is 24.3 Å². The number of para-hydroxylation sites is 1. The smallest absolute Gasteiger partial charge is 0.349 e. The molecule has 0 aliphatic heterocycles. The molecule has 4 rings (SSSR count). The summed E-state index contributed by atoms with van der Waals surface area (Å²) in [4.78, 5) is 17.6. The molecule has 31 heavy (non-hydrogen) atoms. The number of nitrogens with one attached hydrogen (secondary N) is 1. The minimum atomic E-state index is -0.629. The maximum Gasteiger partial charge on any atom is 0.349 e. The number of imidazole rings is 1. The minimum Gasteiger partial charge on any atom is -0.506 e. The molecule has 1 aromatic carbocycles. The Morgan fingerprint density at radius 2 is 1.84 bits per heavy atom. The highest BCUT2D eigenvalue weighted by Gasteiger charge is 2.30. The second-order valence-electron chi connectivity index (χ2n) is 9.74. The monoisotopic (exact) mass is 483 g/mol. The molecule has 0 radical (unpaired) electrons. The van der Waals surface area contributed by atoms with Gasteiger partial charge in [-0.3, -0.25) is 4.40 Å². The van der Waals surface area contributed by atoms with Crippen molar-refractivity contribution >= 4 is 38.4 Å². The van der Waals surface area contributed by atoms with Gasteiger partial charge in [0.15, 0.2) is 0 Å².